The molecule has 0 spiro atoms. The smallest absolute Gasteiger partial charge is 0.290 e. The van der Waals surface area contributed by atoms with E-state index in [-0.39, 0.29) is 23.8 Å². The summed E-state index contributed by atoms with van der Waals surface area (Å²) in [5, 5.41) is 15.1. The zero-order chi connectivity index (χ0) is 9.26. The Bertz CT molecular complexity index is 290. The maximum atomic E-state index is 11.3. The van der Waals surface area contributed by atoms with Crippen LogP contribution < -0.4 is 5.32 Å². The molecule has 2 rings (SSSR count). The fourth-order valence-electron chi connectivity index (χ4n) is 1.30. The molecule has 2 N–H and O–H groups in total. The lowest BCUT2D eigenvalue weighted by atomic mass is 9.89. The van der Waals surface area contributed by atoms with Gasteiger partial charge < -0.3 is 14.9 Å². The van der Waals surface area contributed by atoms with E-state index in [0.717, 1.165) is 0 Å². The van der Waals surface area contributed by atoms with E-state index in [0.29, 0.717) is 12.8 Å². The third-order valence-corrected chi connectivity index (χ3v) is 2.11. The predicted molar refractivity (Wildman–Crippen MR) is 43.0 cm³/mol. The minimum atomic E-state index is -0.269. The molecule has 0 aliphatic heterocycles. The molecule has 13 heavy (non-hydrogen) atoms. The molecule has 0 saturated heterocycles. The number of rotatable bonds is 2. The standard InChI is InChI=1S/C8H10N2O3/c11-6-3-5(4-6)10-8(12)7-1-2-9-13-7/h1-2,5-6,11H,3-4H2,(H,10,12). The molecule has 0 atom stereocenters. The highest BCUT2D eigenvalue weighted by Crippen LogP contribution is 2.19. The van der Waals surface area contributed by atoms with E-state index >= 15 is 0 Å². The second kappa shape index (κ2) is 3.18. The Kier molecular flexibility index (Phi) is 2.02. The number of carbonyl (C=O) groups is 1. The van der Waals surface area contributed by atoms with Crippen LogP contribution in [0, 0.1) is 0 Å². The molecule has 1 saturated carbocycles. The largest absolute Gasteiger partial charge is 0.393 e. The van der Waals surface area contributed by atoms with Crippen molar-refractivity contribution >= 4 is 5.91 Å². The molecule has 1 aliphatic carbocycles. The first kappa shape index (κ1) is 8.25. The quantitative estimate of drug-likeness (QED) is 0.671. The summed E-state index contributed by atoms with van der Waals surface area (Å²) in [5.41, 5.74) is 0. The Morgan fingerprint density at radius 1 is 1.69 bits per heavy atom. The van der Waals surface area contributed by atoms with Crippen molar-refractivity contribution in [3.05, 3.63) is 18.0 Å². The van der Waals surface area contributed by atoms with E-state index in [4.69, 9.17) is 5.11 Å². The number of carbonyl (C=O) groups excluding carboxylic acids is 1. The van der Waals surface area contributed by atoms with Gasteiger partial charge in [0.1, 0.15) is 0 Å². The highest BCUT2D eigenvalue weighted by molar-refractivity contribution is 5.91. The van der Waals surface area contributed by atoms with Crippen molar-refractivity contribution < 1.29 is 14.4 Å². The predicted octanol–water partition coefficient (Wildman–Crippen LogP) is -0.0723. The summed E-state index contributed by atoms with van der Waals surface area (Å²) < 4.78 is 4.67. The number of hydrogen-bond acceptors (Lipinski definition) is 4. The normalized spacial score (nSPS) is 26.5. The fraction of sp³-hybridized carbons (Fsp3) is 0.500. The summed E-state index contributed by atoms with van der Waals surface area (Å²) in [5.74, 6) is -0.0595. The summed E-state index contributed by atoms with van der Waals surface area (Å²) in [6.07, 6.45) is 2.41. The van der Waals surface area contributed by atoms with Gasteiger partial charge in [-0.15, -0.1) is 0 Å². The van der Waals surface area contributed by atoms with Gasteiger partial charge in [-0.2, -0.15) is 0 Å². The van der Waals surface area contributed by atoms with Crippen LogP contribution in [0.2, 0.25) is 0 Å². The van der Waals surface area contributed by atoms with Crippen molar-refractivity contribution in [2.24, 2.45) is 0 Å². The minimum Gasteiger partial charge on any atom is -0.393 e. The lowest BCUT2D eigenvalue weighted by Gasteiger charge is -2.31. The molecule has 0 bridgehead atoms. The van der Waals surface area contributed by atoms with Crippen molar-refractivity contribution in [2.45, 2.75) is 25.0 Å². The number of aliphatic hydroxyl groups is 1. The molecule has 0 aromatic carbocycles. The van der Waals surface area contributed by atoms with Gasteiger partial charge in [-0.05, 0) is 12.8 Å². The summed E-state index contributed by atoms with van der Waals surface area (Å²) in [7, 11) is 0. The Morgan fingerprint density at radius 3 is 3.00 bits per heavy atom. The molecule has 1 aromatic heterocycles. The van der Waals surface area contributed by atoms with Crippen molar-refractivity contribution in [2.75, 3.05) is 0 Å². The molecular weight excluding hydrogens is 172 g/mol. The molecule has 1 aromatic rings. The fourth-order valence-corrected chi connectivity index (χ4v) is 1.30. The lowest BCUT2D eigenvalue weighted by molar-refractivity contribution is 0.0547. The monoisotopic (exact) mass is 182 g/mol. The van der Waals surface area contributed by atoms with Gasteiger partial charge >= 0.3 is 0 Å². The summed E-state index contributed by atoms with van der Waals surface area (Å²) in [6, 6.07) is 1.58. The number of aliphatic hydroxyl groups excluding tert-OH is 1. The van der Waals surface area contributed by atoms with Gasteiger partial charge in [0.25, 0.3) is 5.91 Å². The number of hydrogen-bond donors (Lipinski definition) is 2. The molecule has 0 radical (unpaired) electrons. The second-order valence-corrected chi connectivity index (χ2v) is 3.17. The van der Waals surface area contributed by atoms with E-state index in [9.17, 15) is 4.79 Å². The maximum Gasteiger partial charge on any atom is 0.290 e. The van der Waals surface area contributed by atoms with Gasteiger partial charge in [-0.1, -0.05) is 5.16 Å². The molecular formula is C8H10N2O3. The van der Waals surface area contributed by atoms with Crippen LogP contribution in [0.15, 0.2) is 16.8 Å². The van der Waals surface area contributed by atoms with Gasteiger partial charge in [-0.25, -0.2) is 0 Å². The van der Waals surface area contributed by atoms with Crippen LogP contribution in [0.4, 0.5) is 0 Å². The van der Waals surface area contributed by atoms with Crippen LogP contribution in [0.5, 0.6) is 0 Å². The maximum absolute atomic E-state index is 11.3. The number of aromatic nitrogens is 1. The first-order valence-electron chi connectivity index (χ1n) is 4.15. The molecule has 1 amide bonds. The van der Waals surface area contributed by atoms with Crippen LogP contribution in [-0.2, 0) is 0 Å². The van der Waals surface area contributed by atoms with Crippen molar-refractivity contribution in [1.82, 2.24) is 10.5 Å². The molecule has 1 fully saturated rings. The summed E-state index contributed by atoms with van der Waals surface area (Å²) in [6.45, 7) is 0. The summed E-state index contributed by atoms with van der Waals surface area (Å²) in [4.78, 5) is 11.3. The van der Waals surface area contributed by atoms with E-state index in [2.05, 4.69) is 15.0 Å². The van der Waals surface area contributed by atoms with Crippen LogP contribution in [-0.4, -0.2) is 28.3 Å². The molecule has 5 nitrogen and oxygen atoms in total. The highest BCUT2D eigenvalue weighted by Gasteiger charge is 2.29. The van der Waals surface area contributed by atoms with Gasteiger partial charge in [-0.3, -0.25) is 4.79 Å². The zero-order valence-electron chi connectivity index (χ0n) is 6.93. The Hall–Kier alpha value is -1.36. The Labute approximate surface area is 74.7 Å². The van der Waals surface area contributed by atoms with Crippen molar-refractivity contribution in [3.8, 4) is 0 Å². The number of nitrogens with zero attached hydrogens (tertiary/aromatic N) is 1. The first-order valence-corrected chi connectivity index (χ1v) is 4.15. The second-order valence-electron chi connectivity index (χ2n) is 3.17. The van der Waals surface area contributed by atoms with E-state index < -0.39 is 0 Å². The van der Waals surface area contributed by atoms with Gasteiger partial charge in [0.2, 0.25) is 5.76 Å². The molecule has 0 unspecified atom stereocenters. The topological polar surface area (TPSA) is 75.4 Å². The van der Waals surface area contributed by atoms with Crippen molar-refractivity contribution in [1.29, 1.82) is 0 Å². The van der Waals surface area contributed by atoms with Crippen LogP contribution in [0.3, 0.4) is 0 Å². The van der Waals surface area contributed by atoms with E-state index in [1.807, 2.05) is 0 Å². The van der Waals surface area contributed by atoms with E-state index in [1.165, 1.54) is 12.3 Å². The lowest BCUT2D eigenvalue weighted by Crippen LogP contribution is -2.46. The van der Waals surface area contributed by atoms with Gasteiger partial charge in [0.15, 0.2) is 0 Å². The third kappa shape index (κ3) is 1.70. The molecule has 70 valence electrons. The first-order chi connectivity index (χ1) is 6.25. The van der Waals surface area contributed by atoms with Gasteiger partial charge in [0, 0.05) is 12.1 Å². The SMILES string of the molecule is O=C(NC1CC(O)C1)c1ccno1. The third-order valence-electron chi connectivity index (χ3n) is 2.11. The molecule has 1 aliphatic rings. The Morgan fingerprint density at radius 2 is 2.46 bits per heavy atom. The Balaban J connectivity index is 1.86. The number of amides is 1. The molecule has 5 heteroatoms. The highest BCUT2D eigenvalue weighted by atomic mass is 16.5. The van der Waals surface area contributed by atoms with Gasteiger partial charge in [0.05, 0.1) is 12.3 Å². The average molecular weight is 182 g/mol. The molecule has 1 heterocycles. The van der Waals surface area contributed by atoms with Crippen molar-refractivity contribution in [3.63, 3.8) is 0 Å². The summed E-state index contributed by atoms with van der Waals surface area (Å²) >= 11 is 0. The zero-order valence-corrected chi connectivity index (χ0v) is 6.93. The van der Waals surface area contributed by atoms with E-state index in [1.54, 1.807) is 0 Å². The average Bonchev–Trinajstić information content (AvgIpc) is 2.53. The van der Waals surface area contributed by atoms with Crippen LogP contribution in [0.25, 0.3) is 0 Å². The van der Waals surface area contributed by atoms with Crippen LogP contribution in [0.1, 0.15) is 23.4 Å². The number of nitrogens with one attached hydrogen (secondary N) is 1. The van der Waals surface area contributed by atoms with Crippen LogP contribution >= 0.6 is 0 Å². The minimum absolute atomic E-state index is 0.0765.